The van der Waals surface area contributed by atoms with Crippen LogP contribution in [0, 0.1) is 6.92 Å². The number of anilines is 1. The third-order valence-corrected chi connectivity index (χ3v) is 6.69. The average molecular weight is 496 g/mol. The van der Waals surface area contributed by atoms with E-state index in [2.05, 4.69) is 4.98 Å². The molecule has 10 heteroatoms. The molecule has 2 aromatic carbocycles. The Hall–Kier alpha value is -2.78. The zero-order valence-electron chi connectivity index (χ0n) is 17.7. The Kier molecular flexibility index (Phi) is 6.81. The van der Waals surface area contributed by atoms with Crippen LogP contribution in [0.25, 0.3) is 0 Å². The number of carbonyl (C=O) groups excluding carboxylic acids is 1. The second kappa shape index (κ2) is 9.61. The highest BCUT2D eigenvalue weighted by Crippen LogP contribution is 2.32. The molecular weight excluding hydrogens is 475 g/mol. The van der Waals surface area contributed by atoms with Crippen LogP contribution in [0.5, 0.6) is 5.75 Å². The van der Waals surface area contributed by atoms with Crippen molar-refractivity contribution >= 4 is 34.5 Å². The SMILES string of the molecule is Cc1nc(COc2ccc(Cl)cc2)sc1C(=O)N1CCN(c2cccc(C(F)(F)F)c2)CC1. The minimum absolute atomic E-state index is 0.119. The fourth-order valence-corrected chi connectivity index (χ4v) is 4.65. The zero-order valence-corrected chi connectivity index (χ0v) is 19.3. The molecule has 33 heavy (non-hydrogen) atoms. The highest BCUT2D eigenvalue weighted by Gasteiger charge is 2.31. The van der Waals surface area contributed by atoms with Crippen molar-refractivity contribution in [1.82, 2.24) is 9.88 Å². The number of halogens is 4. The number of benzene rings is 2. The summed E-state index contributed by atoms with van der Waals surface area (Å²) in [4.78, 5) is 21.6. The smallest absolute Gasteiger partial charge is 0.416 e. The quantitative estimate of drug-likeness (QED) is 0.458. The molecule has 0 N–H and O–H groups in total. The Morgan fingerprint density at radius 2 is 1.82 bits per heavy atom. The van der Waals surface area contributed by atoms with E-state index in [0.717, 1.165) is 12.1 Å². The van der Waals surface area contributed by atoms with Crippen molar-refractivity contribution in [2.24, 2.45) is 0 Å². The van der Waals surface area contributed by atoms with Gasteiger partial charge in [0.05, 0.1) is 11.3 Å². The number of ether oxygens (including phenoxy) is 1. The van der Waals surface area contributed by atoms with Gasteiger partial charge in [0.25, 0.3) is 5.91 Å². The first-order valence-electron chi connectivity index (χ1n) is 10.3. The highest BCUT2D eigenvalue weighted by molar-refractivity contribution is 7.13. The standard InChI is InChI=1S/C23H21ClF3N3O2S/c1-15-21(33-20(28-15)14-32-19-7-5-17(24)6-8-19)22(31)30-11-9-29(10-12-30)18-4-2-3-16(13-18)23(25,26)27/h2-8,13H,9-12,14H2,1H3. The Balaban J connectivity index is 1.36. The molecular formula is C23H21ClF3N3O2S. The van der Waals surface area contributed by atoms with E-state index < -0.39 is 11.7 Å². The number of alkyl halides is 3. The summed E-state index contributed by atoms with van der Waals surface area (Å²) < 4.78 is 44.7. The van der Waals surface area contributed by atoms with Crippen molar-refractivity contribution in [1.29, 1.82) is 0 Å². The fourth-order valence-electron chi connectivity index (χ4n) is 3.58. The Bertz CT molecular complexity index is 1130. The van der Waals surface area contributed by atoms with Gasteiger partial charge < -0.3 is 14.5 Å². The van der Waals surface area contributed by atoms with Gasteiger partial charge in [-0.1, -0.05) is 17.7 Å². The van der Waals surface area contributed by atoms with E-state index >= 15 is 0 Å². The molecule has 3 aromatic rings. The van der Waals surface area contributed by atoms with Crippen molar-refractivity contribution in [3.63, 3.8) is 0 Å². The average Bonchev–Trinajstić information content (AvgIpc) is 3.18. The lowest BCUT2D eigenvalue weighted by Gasteiger charge is -2.36. The first-order chi connectivity index (χ1) is 15.7. The first-order valence-corrected chi connectivity index (χ1v) is 11.5. The molecule has 2 heterocycles. The van der Waals surface area contributed by atoms with E-state index in [1.807, 2.05) is 4.90 Å². The number of nitrogens with zero attached hydrogens (tertiary/aromatic N) is 3. The zero-order chi connectivity index (χ0) is 23.6. The van der Waals surface area contributed by atoms with Gasteiger partial charge in [-0.25, -0.2) is 4.98 Å². The molecule has 0 spiro atoms. The molecule has 1 amide bonds. The number of piperazine rings is 1. The summed E-state index contributed by atoms with van der Waals surface area (Å²) in [5.74, 6) is 0.539. The van der Waals surface area contributed by atoms with Crippen molar-refractivity contribution in [2.45, 2.75) is 19.7 Å². The van der Waals surface area contributed by atoms with E-state index in [9.17, 15) is 18.0 Å². The molecule has 0 bridgehead atoms. The molecule has 0 saturated carbocycles. The summed E-state index contributed by atoms with van der Waals surface area (Å²) in [5.41, 5.74) is 0.472. The molecule has 0 radical (unpaired) electrons. The molecule has 0 unspecified atom stereocenters. The summed E-state index contributed by atoms with van der Waals surface area (Å²) in [6, 6.07) is 12.3. The molecule has 1 aliphatic heterocycles. The second-order valence-electron chi connectivity index (χ2n) is 7.59. The van der Waals surface area contributed by atoms with Crippen molar-refractivity contribution in [3.8, 4) is 5.75 Å². The van der Waals surface area contributed by atoms with Crippen LogP contribution >= 0.6 is 22.9 Å². The number of aromatic nitrogens is 1. The van der Waals surface area contributed by atoms with Crippen LogP contribution in [0.15, 0.2) is 48.5 Å². The molecule has 0 atom stereocenters. The van der Waals surface area contributed by atoms with Crippen LogP contribution in [0.2, 0.25) is 5.02 Å². The number of thiazole rings is 1. The lowest BCUT2D eigenvalue weighted by molar-refractivity contribution is -0.137. The van der Waals surface area contributed by atoms with E-state index in [0.29, 0.717) is 58.2 Å². The number of amides is 1. The predicted molar refractivity (Wildman–Crippen MR) is 122 cm³/mol. The van der Waals surface area contributed by atoms with Crippen LogP contribution in [-0.2, 0) is 12.8 Å². The summed E-state index contributed by atoms with van der Waals surface area (Å²) >= 11 is 7.17. The maximum atomic E-state index is 13.0. The van der Waals surface area contributed by atoms with Crippen molar-refractivity contribution in [2.75, 3.05) is 31.1 Å². The Morgan fingerprint density at radius 1 is 1.12 bits per heavy atom. The summed E-state index contributed by atoms with van der Waals surface area (Å²) in [6.45, 7) is 3.78. The van der Waals surface area contributed by atoms with Gasteiger partial charge in [0.1, 0.15) is 22.2 Å². The van der Waals surface area contributed by atoms with E-state index in [1.165, 1.54) is 17.4 Å². The third kappa shape index (κ3) is 5.59. The first kappa shape index (κ1) is 23.4. The molecule has 174 valence electrons. The van der Waals surface area contributed by atoms with Crippen LogP contribution in [0.4, 0.5) is 18.9 Å². The lowest BCUT2D eigenvalue weighted by atomic mass is 10.1. The van der Waals surface area contributed by atoms with Crippen LogP contribution < -0.4 is 9.64 Å². The normalized spacial score (nSPS) is 14.5. The van der Waals surface area contributed by atoms with Gasteiger partial charge in [-0.15, -0.1) is 11.3 Å². The van der Waals surface area contributed by atoms with Gasteiger partial charge in [0.2, 0.25) is 0 Å². The Labute approximate surface area is 198 Å². The van der Waals surface area contributed by atoms with Gasteiger partial charge in [0, 0.05) is 36.9 Å². The molecule has 5 nitrogen and oxygen atoms in total. The third-order valence-electron chi connectivity index (χ3n) is 5.32. The van der Waals surface area contributed by atoms with Gasteiger partial charge in [-0.3, -0.25) is 4.79 Å². The van der Waals surface area contributed by atoms with Crippen LogP contribution in [0.1, 0.15) is 25.9 Å². The molecule has 0 aliphatic carbocycles. The van der Waals surface area contributed by atoms with Gasteiger partial charge in [-0.2, -0.15) is 13.2 Å². The van der Waals surface area contributed by atoms with Crippen LogP contribution in [0.3, 0.4) is 0 Å². The van der Waals surface area contributed by atoms with Crippen molar-refractivity contribution in [3.05, 3.63) is 74.7 Å². The number of carbonyl (C=O) groups is 1. The predicted octanol–water partition coefficient (Wildman–Crippen LogP) is 5.67. The number of hydrogen-bond donors (Lipinski definition) is 0. The number of hydrogen-bond acceptors (Lipinski definition) is 5. The minimum Gasteiger partial charge on any atom is -0.486 e. The van der Waals surface area contributed by atoms with Crippen molar-refractivity contribution < 1.29 is 22.7 Å². The molecule has 1 saturated heterocycles. The maximum Gasteiger partial charge on any atom is 0.416 e. The second-order valence-corrected chi connectivity index (χ2v) is 9.11. The van der Waals surface area contributed by atoms with E-state index in [-0.39, 0.29) is 12.5 Å². The monoisotopic (exact) mass is 495 g/mol. The van der Waals surface area contributed by atoms with E-state index in [1.54, 1.807) is 42.2 Å². The Morgan fingerprint density at radius 3 is 2.48 bits per heavy atom. The van der Waals surface area contributed by atoms with Gasteiger partial charge in [-0.05, 0) is 49.4 Å². The summed E-state index contributed by atoms with van der Waals surface area (Å²) in [5, 5.41) is 1.31. The molecule has 1 aromatic heterocycles. The van der Waals surface area contributed by atoms with E-state index in [4.69, 9.17) is 16.3 Å². The molecule has 1 aliphatic rings. The maximum absolute atomic E-state index is 13.0. The largest absolute Gasteiger partial charge is 0.486 e. The number of rotatable bonds is 5. The summed E-state index contributed by atoms with van der Waals surface area (Å²) in [6.07, 6.45) is -4.38. The highest BCUT2D eigenvalue weighted by atomic mass is 35.5. The number of aryl methyl sites for hydroxylation is 1. The lowest BCUT2D eigenvalue weighted by Crippen LogP contribution is -2.48. The summed E-state index contributed by atoms with van der Waals surface area (Å²) in [7, 11) is 0. The molecule has 1 fully saturated rings. The van der Waals surface area contributed by atoms with Gasteiger partial charge in [0.15, 0.2) is 0 Å². The minimum atomic E-state index is -4.38. The topological polar surface area (TPSA) is 45.7 Å². The van der Waals surface area contributed by atoms with Crippen LogP contribution in [-0.4, -0.2) is 42.0 Å². The van der Waals surface area contributed by atoms with Gasteiger partial charge >= 0.3 is 6.18 Å². The fraction of sp³-hybridized carbons (Fsp3) is 0.304. The molecule has 4 rings (SSSR count).